The van der Waals surface area contributed by atoms with E-state index in [4.69, 9.17) is 48.1 Å². The third kappa shape index (κ3) is 168. The monoisotopic (exact) mass is 217 g/mol. The highest BCUT2D eigenvalue weighted by Crippen LogP contribution is 2.51. The zero-order valence-corrected chi connectivity index (χ0v) is 7.39. The van der Waals surface area contributed by atoms with Gasteiger partial charge in [-0.25, -0.2) is 0 Å². The van der Waals surface area contributed by atoms with Gasteiger partial charge in [0.05, 0.1) is 0 Å². The number of rotatable bonds is 0. The summed E-state index contributed by atoms with van der Waals surface area (Å²) in [5.74, 6) is -1.20. The predicted octanol–water partition coefficient (Wildman–Crippen LogP) is 2.56. The van der Waals surface area contributed by atoms with Crippen LogP contribution in [0.1, 0.15) is 0 Å². The molecule has 0 saturated heterocycles. The predicted molar refractivity (Wildman–Crippen MR) is 36.5 cm³/mol. The van der Waals surface area contributed by atoms with Crippen LogP contribution in [0.25, 0.3) is 0 Å². The van der Waals surface area contributed by atoms with E-state index in [2.05, 4.69) is 0 Å². The summed E-state index contributed by atoms with van der Waals surface area (Å²) in [4.78, 5) is 14.2. The first kappa shape index (κ1) is 12.0. The van der Waals surface area contributed by atoms with Gasteiger partial charge in [0.2, 0.25) is 0 Å². The van der Waals surface area contributed by atoms with Gasteiger partial charge in [-0.15, -0.1) is 9.79 Å². The maximum Gasteiger partial charge on any atom is 0.692 e. The zero-order valence-electron chi connectivity index (χ0n) is 3.33. The lowest BCUT2D eigenvalue weighted by Gasteiger charge is -1.68. The van der Waals surface area contributed by atoms with Crippen molar-refractivity contribution in [2.75, 3.05) is 0 Å². The topological polar surface area (TPSA) is 57.5 Å². The molecular weight excluding hydrogens is 216 g/mol. The smallest absolute Gasteiger partial charge is 0.134 e. The minimum Gasteiger partial charge on any atom is -0.134 e. The van der Waals surface area contributed by atoms with Gasteiger partial charge in [-0.3, -0.25) is 0 Å². The van der Waals surface area contributed by atoms with E-state index in [0.717, 1.165) is 0 Å². The summed E-state index contributed by atoms with van der Waals surface area (Å²) in [5.41, 5.74) is 0. The molecule has 0 aliphatic rings. The number of halogens is 3. The second-order valence-electron chi connectivity index (χ2n) is 0.444. The molecule has 0 bridgehead atoms. The molecule has 0 unspecified atom stereocenters. The standard InChI is InChI=1S/Cl3P.HO3P/c2*1-4(2)3/h;(H-,1,2,3)/p+1. The van der Waals surface area contributed by atoms with Gasteiger partial charge in [-0.05, 0) is 0 Å². The Kier molecular flexibility index (Phi) is 12.5. The van der Waals surface area contributed by atoms with Crippen LogP contribution in [0.15, 0.2) is 0 Å². The SMILES string of the molecule is ClP(Cl)Cl.O=[P+](O)O. The van der Waals surface area contributed by atoms with E-state index in [1.807, 2.05) is 0 Å². The van der Waals surface area contributed by atoms with E-state index in [0.29, 0.717) is 0 Å². The van der Waals surface area contributed by atoms with Crippen LogP contribution in [-0.2, 0) is 4.57 Å². The molecule has 50 valence electrons. The summed E-state index contributed by atoms with van der Waals surface area (Å²) < 4.78 is 8.70. The summed E-state index contributed by atoms with van der Waals surface area (Å²) in [7, 11) is -2.87. The van der Waals surface area contributed by atoms with Crippen LogP contribution in [0.3, 0.4) is 0 Å². The minimum atomic E-state index is -2.87. The molecule has 8 heteroatoms. The van der Waals surface area contributed by atoms with Gasteiger partial charge >= 0.3 is 8.25 Å². The van der Waals surface area contributed by atoms with Crippen molar-refractivity contribution in [1.29, 1.82) is 0 Å². The molecule has 0 aromatic carbocycles. The first-order valence-corrected chi connectivity index (χ1v) is 6.31. The second-order valence-corrected chi connectivity index (χ2v) is 5.93. The summed E-state index contributed by atoms with van der Waals surface area (Å²) in [6, 6.07) is 0. The highest BCUT2D eigenvalue weighted by Gasteiger charge is 1.93. The first-order chi connectivity index (χ1) is 3.46. The van der Waals surface area contributed by atoms with Crippen molar-refractivity contribution in [3.63, 3.8) is 0 Å². The van der Waals surface area contributed by atoms with Crippen molar-refractivity contribution in [3.8, 4) is 0 Å². The van der Waals surface area contributed by atoms with Crippen molar-refractivity contribution >= 4 is 48.0 Å². The third-order valence-corrected chi connectivity index (χ3v) is 0. The Balaban J connectivity index is 0. The third-order valence-electron chi connectivity index (χ3n) is 0. The Bertz CT molecular complexity index is 56.8. The normalized spacial score (nSPS) is 7.75. The number of hydrogen-bond acceptors (Lipinski definition) is 1. The lowest BCUT2D eigenvalue weighted by Crippen LogP contribution is -1.38. The average Bonchev–Trinajstić information content (AvgIpc) is 1.25. The van der Waals surface area contributed by atoms with E-state index in [1.54, 1.807) is 0 Å². The maximum atomic E-state index is 8.70. The molecule has 0 aliphatic heterocycles. The lowest BCUT2D eigenvalue weighted by molar-refractivity contribution is 0.405. The van der Waals surface area contributed by atoms with Crippen LogP contribution in [0.4, 0.5) is 0 Å². The van der Waals surface area contributed by atoms with Crippen molar-refractivity contribution < 1.29 is 14.4 Å². The van der Waals surface area contributed by atoms with Crippen LogP contribution in [0.5, 0.6) is 0 Å². The molecule has 0 radical (unpaired) electrons. The van der Waals surface area contributed by atoms with E-state index in [-0.39, 0.29) is 0 Å². The molecule has 0 aliphatic carbocycles. The summed E-state index contributed by atoms with van der Waals surface area (Å²) >= 11 is 14.6. The molecule has 3 nitrogen and oxygen atoms in total. The summed E-state index contributed by atoms with van der Waals surface area (Å²) in [5, 5.41) is 0. The fourth-order valence-electron chi connectivity index (χ4n) is 0. The van der Waals surface area contributed by atoms with E-state index in [9.17, 15) is 0 Å². The highest BCUT2D eigenvalue weighted by atomic mass is 36.0. The molecule has 2 N–H and O–H groups in total. The van der Waals surface area contributed by atoms with Crippen molar-refractivity contribution in [2.45, 2.75) is 0 Å². The van der Waals surface area contributed by atoms with Gasteiger partial charge in [0.25, 0.3) is 0 Å². The first-order valence-electron chi connectivity index (χ1n) is 1.09. The quantitative estimate of drug-likeness (QED) is 0.614. The molecule has 0 fully saturated rings. The highest BCUT2D eigenvalue weighted by molar-refractivity contribution is 8.20. The van der Waals surface area contributed by atoms with E-state index in [1.165, 1.54) is 0 Å². The van der Waals surface area contributed by atoms with Gasteiger partial charge in [0.15, 0.2) is 5.98 Å². The van der Waals surface area contributed by atoms with Crippen molar-refractivity contribution in [2.24, 2.45) is 0 Å². The lowest BCUT2D eigenvalue weighted by atomic mass is 15.8. The van der Waals surface area contributed by atoms with Crippen LogP contribution < -0.4 is 0 Å². The van der Waals surface area contributed by atoms with Gasteiger partial charge in [-0.1, -0.05) is 33.7 Å². The Morgan fingerprint density at radius 1 is 1.25 bits per heavy atom. The summed E-state index contributed by atoms with van der Waals surface area (Å²) in [6.45, 7) is 0. The molecule has 0 aromatic heterocycles. The van der Waals surface area contributed by atoms with E-state index < -0.39 is 14.2 Å². The van der Waals surface area contributed by atoms with Gasteiger partial charge < -0.3 is 0 Å². The molecule has 0 aromatic rings. The zero-order chi connectivity index (χ0) is 7.15. The Morgan fingerprint density at radius 2 is 1.25 bits per heavy atom. The Hall–Kier alpha value is 1.32. The molecule has 0 saturated carbocycles. The van der Waals surface area contributed by atoms with Crippen LogP contribution >= 0.6 is 48.0 Å². The molecule has 0 heterocycles. The van der Waals surface area contributed by atoms with Gasteiger partial charge in [0.1, 0.15) is 0 Å². The van der Waals surface area contributed by atoms with E-state index >= 15 is 0 Å². The average molecular weight is 218 g/mol. The maximum absolute atomic E-state index is 8.70. The molecule has 8 heavy (non-hydrogen) atoms. The molecular formula is H2Cl3O3P2+. The molecule has 0 amide bonds. The minimum absolute atomic E-state index is 1.20. The fraction of sp³-hybridized carbons (Fsp3) is 0. The molecule has 0 atom stereocenters. The largest absolute Gasteiger partial charge is 0.692 e. The molecule has 0 spiro atoms. The molecule has 0 rings (SSSR count). The van der Waals surface area contributed by atoms with Crippen LogP contribution in [-0.4, -0.2) is 9.79 Å². The van der Waals surface area contributed by atoms with Gasteiger partial charge in [-0.2, -0.15) is 0 Å². The van der Waals surface area contributed by atoms with Crippen LogP contribution in [0, 0.1) is 0 Å². The fourth-order valence-corrected chi connectivity index (χ4v) is 0. The second kappa shape index (κ2) is 8.32. The van der Waals surface area contributed by atoms with Crippen molar-refractivity contribution in [3.05, 3.63) is 0 Å². The summed E-state index contributed by atoms with van der Waals surface area (Å²) in [6.07, 6.45) is 0. The Morgan fingerprint density at radius 3 is 1.25 bits per heavy atom. The van der Waals surface area contributed by atoms with Gasteiger partial charge in [0, 0.05) is 4.57 Å². The number of hydrogen-bond donors (Lipinski definition) is 2. The van der Waals surface area contributed by atoms with Crippen LogP contribution in [0.2, 0.25) is 0 Å². The Labute approximate surface area is 62.6 Å². The van der Waals surface area contributed by atoms with Crippen molar-refractivity contribution in [1.82, 2.24) is 0 Å².